The van der Waals surface area contributed by atoms with Gasteiger partial charge >= 0.3 is 0 Å². The smallest absolute Gasteiger partial charge is 0.257 e. The lowest BCUT2D eigenvalue weighted by Crippen LogP contribution is -2.39. The van der Waals surface area contributed by atoms with Gasteiger partial charge in [0.05, 0.1) is 21.0 Å². The van der Waals surface area contributed by atoms with Gasteiger partial charge in [-0.2, -0.15) is 0 Å². The Hall–Kier alpha value is -1.96. The van der Waals surface area contributed by atoms with Crippen LogP contribution < -0.4 is 4.72 Å². The molecule has 0 aromatic heterocycles. The van der Waals surface area contributed by atoms with Crippen molar-refractivity contribution in [3.8, 4) is 0 Å². The molecule has 0 saturated carbocycles. The summed E-state index contributed by atoms with van der Waals surface area (Å²) < 4.78 is 26.0. The fourth-order valence-electron chi connectivity index (χ4n) is 2.57. The molecule has 25 heavy (non-hydrogen) atoms. The van der Waals surface area contributed by atoms with E-state index in [0.717, 1.165) is 11.0 Å². The van der Waals surface area contributed by atoms with E-state index in [0.29, 0.717) is 28.6 Å². The average molecular weight is 400 g/mol. The predicted molar refractivity (Wildman–Crippen MR) is 96.8 cm³/mol. The van der Waals surface area contributed by atoms with E-state index >= 15 is 0 Å². The van der Waals surface area contributed by atoms with Crippen LogP contribution in [-0.4, -0.2) is 31.2 Å². The summed E-state index contributed by atoms with van der Waals surface area (Å²) in [5.41, 5.74) is 1.20. The molecule has 0 atom stereocenters. The van der Waals surface area contributed by atoms with Crippen molar-refractivity contribution in [2.75, 3.05) is 7.05 Å². The Morgan fingerprint density at radius 3 is 2.76 bits per heavy atom. The van der Waals surface area contributed by atoms with Crippen LogP contribution in [0.1, 0.15) is 12.0 Å². The fraction of sp³-hybridized carbons (Fsp3) is 0.188. The molecule has 0 radical (unpaired) electrons. The topological polar surface area (TPSA) is 69.7 Å². The molecule has 2 aliphatic heterocycles. The van der Waals surface area contributed by atoms with Gasteiger partial charge in [-0.1, -0.05) is 35.3 Å². The summed E-state index contributed by atoms with van der Waals surface area (Å²) in [5.74, 6) is -0.00980. The van der Waals surface area contributed by atoms with Crippen molar-refractivity contribution in [2.24, 2.45) is 0 Å². The Balaban J connectivity index is 1.85. The average Bonchev–Trinajstić information content (AvgIpc) is 2.56. The second-order valence-electron chi connectivity index (χ2n) is 5.67. The van der Waals surface area contributed by atoms with Crippen LogP contribution in [0.5, 0.6) is 0 Å². The van der Waals surface area contributed by atoms with Crippen molar-refractivity contribution in [1.29, 1.82) is 0 Å². The van der Waals surface area contributed by atoms with E-state index in [2.05, 4.69) is 4.72 Å². The summed E-state index contributed by atoms with van der Waals surface area (Å²) in [6, 6.07) is 5.16. The van der Waals surface area contributed by atoms with Crippen LogP contribution in [0.2, 0.25) is 10.0 Å². The molecule has 1 aromatic carbocycles. The number of likely N-dealkylation sites (N-methyl/N-ethyl adjacent to an activating group) is 1. The number of amides is 1. The van der Waals surface area contributed by atoms with Crippen molar-refractivity contribution >= 4 is 39.1 Å². The highest BCUT2D eigenvalue weighted by Crippen LogP contribution is 2.26. The highest BCUT2D eigenvalue weighted by atomic mass is 35.5. The Bertz CT molecular complexity index is 923. The predicted octanol–water partition coefficient (Wildman–Crippen LogP) is 2.79. The molecule has 1 amide bonds. The van der Waals surface area contributed by atoms with Gasteiger partial charge in [0.15, 0.2) is 0 Å². The first kappa shape index (κ1) is 17.8. The third-order valence-electron chi connectivity index (χ3n) is 3.78. The van der Waals surface area contributed by atoms with Gasteiger partial charge in [-0.05, 0) is 17.7 Å². The van der Waals surface area contributed by atoms with Crippen LogP contribution >= 0.6 is 23.2 Å². The third-order valence-corrected chi connectivity index (χ3v) is 5.48. The second-order valence-corrected chi connectivity index (χ2v) is 8.05. The number of hydrogen-bond donors (Lipinski definition) is 1. The maximum Gasteiger partial charge on any atom is 0.257 e. The molecule has 0 fully saturated rings. The summed E-state index contributed by atoms with van der Waals surface area (Å²) in [5, 5.41) is 1.91. The van der Waals surface area contributed by atoms with Crippen molar-refractivity contribution in [3.63, 3.8) is 0 Å². The molecule has 0 aliphatic carbocycles. The van der Waals surface area contributed by atoms with E-state index in [9.17, 15) is 13.2 Å². The number of nitrogens with zero attached hydrogens (tertiary/aromatic N) is 2. The SMILES string of the molecule is CN(Cc1ccc(Cl)c(Cl)c1)C(=O)C1=C2NS(=O)(=O)C=CN2C=CC1. The van der Waals surface area contributed by atoms with Gasteiger partial charge in [-0.15, -0.1) is 0 Å². The molecule has 9 heteroatoms. The first-order valence-corrected chi connectivity index (χ1v) is 9.65. The molecule has 6 nitrogen and oxygen atoms in total. The van der Waals surface area contributed by atoms with Gasteiger partial charge in [0.25, 0.3) is 15.9 Å². The minimum Gasteiger partial charge on any atom is -0.338 e. The zero-order valence-corrected chi connectivity index (χ0v) is 15.6. The van der Waals surface area contributed by atoms with E-state index in [1.165, 1.54) is 11.1 Å². The molecular formula is C16H15Cl2N3O3S. The van der Waals surface area contributed by atoms with E-state index < -0.39 is 10.0 Å². The molecule has 2 aliphatic rings. The summed E-state index contributed by atoms with van der Waals surface area (Å²) in [6.45, 7) is 0.318. The van der Waals surface area contributed by atoms with E-state index in [1.807, 2.05) is 0 Å². The van der Waals surface area contributed by atoms with Crippen LogP contribution in [0.15, 0.2) is 53.5 Å². The highest BCUT2D eigenvalue weighted by Gasteiger charge is 2.28. The molecule has 0 spiro atoms. The largest absolute Gasteiger partial charge is 0.338 e. The first-order valence-electron chi connectivity index (χ1n) is 7.35. The summed E-state index contributed by atoms with van der Waals surface area (Å²) in [7, 11) is -1.93. The lowest BCUT2D eigenvalue weighted by Gasteiger charge is -2.30. The zero-order chi connectivity index (χ0) is 18.2. The number of hydrogen-bond acceptors (Lipinski definition) is 4. The summed E-state index contributed by atoms with van der Waals surface area (Å²) in [6.07, 6.45) is 5.26. The standard InChI is InChI=1S/C16H15Cl2N3O3S/c1-20(10-11-4-5-13(17)14(18)9-11)16(22)12-3-2-6-21-7-8-25(23,24)19-15(12)21/h2,4-9,19H,3,10H2,1H3. The minimum absolute atomic E-state index is 0.260. The van der Waals surface area contributed by atoms with Crippen LogP contribution in [0.25, 0.3) is 0 Å². The zero-order valence-electron chi connectivity index (χ0n) is 13.2. The van der Waals surface area contributed by atoms with Gasteiger partial charge in [0.2, 0.25) is 0 Å². The van der Waals surface area contributed by atoms with Crippen molar-refractivity contribution < 1.29 is 13.2 Å². The number of nitrogens with one attached hydrogen (secondary N) is 1. The van der Waals surface area contributed by atoms with Crippen LogP contribution in [0.4, 0.5) is 0 Å². The maximum absolute atomic E-state index is 12.8. The van der Waals surface area contributed by atoms with Crippen LogP contribution in [0, 0.1) is 0 Å². The monoisotopic (exact) mass is 399 g/mol. The summed E-state index contributed by atoms with van der Waals surface area (Å²) in [4.78, 5) is 15.9. The van der Waals surface area contributed by atoms with Crippen LogP contribution in [0.3, 0.4) is 0 Å². The molecule has 2 heterocycles. The molecule has 1 N–H and O–H groups in total. The number of halogens is 2. The number of carbonyl (C=O) groups is 1. The number of sulfonamides is 1. The van der Waals surface area contributed by atoms with Crippen molar-refractivity contribution in [3.05, 3.63) is 69.1 Å². The molecule has 0 saturated heterocycles. The Kier molecular flexibility index (Phi) is 4.81. The number of allylic oxidation sites excluding steroid dienone is 1. The van der Waals surface area contributed by atoms with Gasteiger partial charge in [0, 0.05) is 32.4 Å². The van der Waals surface area contributed by atoms with E-state index in [1.54, 1.807) is 42.4 Å². The quantitative estimate of drug-likeness (QED) is 0.847. The first-order chi connectivity index (χ1) is 11.8. The number of benzene rings is 1. The molecule has 3 rings (SSSR count). The third kappa shape index (κ3) is 3.84. The number of carbonyl (C=O) groups excluding carboxylic acids is 1. The fourth-order valence-corrected chi connectivity index (χ4v) is 3.74. The number of fused-ring (bicyclic) bond motifs is 1. The van der Waals surface area contributed by atoms with E-state index in [4.69, 9.17) is 23.2 Å². The Morgan fingerprint density at radius 2 is 2.04 bits per heavy atom. The molecule has 132 valence electrons. The van der Waals surface area contributed by atoms with E-state index in [-0.39, 0.29) is 11.7 Å². The Labute approximate surface area is 156 Å². The molecule has 0 bridgehead atoms. The highest BCUT2D eigenvalue weighted by molar-refractivity contribution is 7.92. The van der Waals surface area contributed by atoms with Crippen molar-refractivity contribution in [1.82, 2.24) is 14.5 Å². The molecule has 0 unspecified atom stereocenters. The van der Waals surface area contributed by atoms with Crippen molar-refractivity contribution in [2.45, 2.75) is 13.0 Å². The maximum atomic E-state index is 12.8. The molecular weight excluding hydrogens is 385 g/mol. The summed E-state index contributed by atoms with van der Waals surface area (Å²) >= 11 is 11.9. The van der Waals surface area contributed by atoms with Gasteiger partial charge in [-0.25, -0.2) is 8.42 Å². The normalized spacial score (nSPS) is 18.0. The van der Waals surface area contributed by atoms with Crippen LogP contribution in [-0.2, 0) is 21.4 Å². The van der Waals surface area contributed by atoms with Gasteiger partial charge in [0.1, 0.15) is 5.82 Å². The second kappa shape index (κ2) is 6.74. The lowest BCUT2D eigenvalue weighted by molar-refractivity contribution is -0.126. The lowest BCUT2D eigenvalue weighted by atomic mass is 10.1. The van der Waals surface area contributed by atoms with Gasteiger partial charge in [-0.3, -0.25) is 9.52 Å². The number of rotatable bonds is 3. The Morgan fingerprint density at radius 1 is 1.28 bits per heavy atom. The minimum atomic E-state index is -3.58. The van der Waals surface area contributed by atoms with Gasteiger partial charge < -0.3 is 9.80 Å². The molecule has 1 aromatic rings.